The van der Waals surface area contributed by atoms with Crippen molar-refractivity contribution >= 4 is 16.9 Å². The zero-order valence-corrected chi connectivity index (χ0v) is 9.45. The number of esters is 1. The van der Waals surface area contributed by atoms with Crippen molar-refractivity contribution in [3.63, 3.8) is 0 Å². The second kappa shape index (κ2) is 4.39. The molecule has 0 aliphatic heterocycles. The van der Waals surface area contributed by atoms with Crippen LogP contribution in [0.1, 0.15) is 18.2 Å². The maximum atomic E-state index is 11.4. The average molecular weight is 218 g/mol. The van der Waals surface area contributed by atoms with Gasteiger partial charge in [-0.1, -0.05) is 18.2 Å². The summed E-state index contributed by atoms with van der Waals surface area (Å²) in [6.07, 6.45) is 0.203. The Morgan fingerprint density at radius 2 is 2.12 bits per heavy atom. The lowest BCUT2D eigenvalue weighted by molar-refractivity contribution is -0.142. The summed E-state index contributed by atoms with van der Waals surface area (Å²) in [5.41, 5.74) is 1.84. The van der Waals surface area contributed by atoms with Crippen LogP contribution in [0.4, 0.5) is 0 Å². The molecule has 1 aromatic heterocycles. The molecule has 0 amide bonds. The van der Waals surface area contributed by atoms with Gasteiger partial charge in [0, 0.05) is 5.39 Å². The van der Waals surface area contributed by atoms with Crippen molar-refractivity contribution in [1.82, 2.24) is 0 Å². The summed E-state index contributed by atoms with van der Waals surface area (Å²) in [6.45, 7) is 4.15. The Hall–Kier alpha value is -1.77. The smallest absolute Gasteiger partial charge is 0.313 e. The Morgan fingerprint density at radius 1 is 1.38 bits per heavy atom. The van der Waals surface area contributed by atoms with Crippen molar-refractivity contribution in [3.8, 4) is 0 Å². The fourth-order valence-corrected chi connectivity index (χ4v) is 1.74. The summed E-state index contributed by atoms with van der Waals surface area (Å²) in [6, 6.07) is 7.76. The van der Waals surface area contributed by atoms with Crippen molar-refractivity contribution in [2.45, 2.75) is 20.3 Å². The maximum Gasteiger partial charge on any atom is 0.313 e. The SMILES string of the molecule is CCOC(=O)Cc1oc2ccccc2c1C. The lowest BCUT2D eigenvalue weighted by Crippen LogP contribution is -2.07. The fraction of sp³-hybridized carbons (Fsp3) is 0.308. The first-order chi connectivity index (χ1) is 7.72. The molecule has 0 radical (unpaired) electrons. The molecule has 0 spiro atoms. The summed E-state index contributed by atoms with van der Waals surface area (Å²) in [5, 5.41) is 1.06. The second-order valence-electron chi connectivity index (χ2n) is 3.63. The van der Waals surface area contributed by atoms with E-state index in [1.54, 1.807) is 6.92 Å². The topological polar surface area (TPSA) is 39.4 Å². The Morgan fingerprint density at radius 3 is 2.81 bits per heavy atom. The summed E-state index contributed by atoms with van der Waals surface area (Å²) in [5.74, 6) is 0.448. The molecule has 2 rings (SSSR count). The van der Waals surface area contributed by atoms with Crippen molar-refractivity contribution in [1.29, 1.82) is 0 Å². The van der Waals surface area contributed by atoms with Crippen molar-refractivity contribution in [3.05, 3.63) is 35.6 Å². The Kier molecular flexibility index (Phi) is 2.95. The molecule has 0 fully saturated rings. The van der Waals surface area contributed by atoms with Crippen LogP contribution in [0.3, 0.4) is 0 Å². The normalized spacial score (nSPS) is 10.6. The number of carbonyl (C=O) groups excluding carboxylic acids is 1. The molecular formula is C13H14O3. The quantitative estimate of drug-likeness (QED) is 0.743. The van der Waals surface area contributed by atoms with Crippen LogP contribution in [0.5, 0.6) is 0 Å². The van der Waals surface area contributed by atoms with Crippen molar-refractivity contribution < 1.29 is 13.9 Å². The predicted octanol–water partition coefficient (Wildman–Crippen LogP) is 2.85. The number of hydrogen-bond acceptors (Lipinski definition) is 3. The van der Waals surface area contributed by atoms with Crippen LogP contribution in [0.25, 0.3) is 11.0 Å². The molecule has 0 bridgehead atoms. The number of furan rings is 1. The van der Waals surface area contributed by atoms with Gasteiger partial charge < -0.3 is 9.15 Å². The molecule has 0 unspecified atom stereocenters. The first-order valence-corrected chi connectivity index (χ1v) is 5.35. The van der Waals surface area contributed by atoms with Crippen molar-refractivity contribution in [2.75, 3.05) is 6.61 Å². The van der Waals surface area contributed by atoms with Gasteiger partial charge in [0.1, 0.15) is 17.8 Å². The molecule has 3 nitrogen and oxygen atoms in total. The molecule has 0 aliphatic rings. The largest absolute Gasteiger partial charge is 0.466 e. The minimum absolute atomic E-state index is 0.203. The standard InChI is InChI=1S/C13H14O3/c1-3-15-13(14)8-12-9(2)10-6-4-5-7-11(10)16-12/h4-7H,3,8H2,1-2H3. The number of carbonyl (C=O) groups is 1. The Bertz CT molecular complexity index is 511. The molecular weight excluding hydrogens is 204 g/mol. The summed E-state index contributed by atoms with van der Waals surface area (Å²) in [4.78, 5) is 11.4. The average Bonchev–Trinajstić information content (AvgIpc) is 2.57. The number of para-hydroxylation sites is 1. The van der Waals surface area contributed by atoms with E-state index in [0.29, 0.717) is 12.4 Å². The predicted molar refractivity (Wildman–Crippen MR) is 61.3 cm³/mol. The van der Waals surface area contributed by atoms with Gasteiger partial charge in [0.25, 0.3) is 0 Å². The highest BCUT2D eigenvalue weighted by atomic mass is 16.5. The highest BCUT2D eigenvalue weighted by Crippen LogP contribution is 2.25. The number of rotatable bonds is 3. The molecule has 0 atom stereocenters. The molecule has 1 aromatic carbocycles. The molecule has 2 aromatic rings. The van der Waals surface area contributed by atoms with Gasteiger partial charge in [-0.2, -0.15) is 0 Å². The molecule has 84 valence electrons. The molecule has 16 heavy (non-hydrogen) atoms. The highest BCUT2D eigenvalue weighted by Gasteiger charge is 2.13. The van der Waals surface area contributed by atoms with E-state index < -0.39 is 0 Å². The Labute approximate surface area is 94.0 Å². The first-order valence-electron chi connectivity index (χ1n) is 5.35. The number of benzene rings is 1. The third-order valence-electron chi connectivity index (χ3n) is 2.55. The molecule has 0 N–H and O–H groups in total. The zero-order valence-electron chi connectivity index (χ0n) is 9.45. The number of fused-ring (bicyclic) bond motifs is 1. The zero-order chi connectivity index (χ0) is 11.5. The van der Waals surface area contributed by atoms with Gasteiger partial charge in [-0.25, -0.2) is 0 Å². The van der Waals surface area contributed by atoms with Crippen LogP contribution in [-0.2, 0) is 16.0 Å². The molecule has 1 heterocycles. The maximum absolute atomic E-state index is 11.4. The van der Waals surface area contributed by atoms with Crippen molar-refractivity contribution in [2.24, 2.45) is 0 Å². The highest BCUT2D eigenvalue weighted by molar-refractivity contribution is 5.83. The van der Waals surface area contributed by atoms with E-state index in [0.717, 1.165) is 16.5 Å². The van der Waals surface area contributed by atoms with Gasteiger partial charge in [-0.15, -0.1) is 0 Å². The summed E-state index contributed by atoms with van der Waals surface area (Å²) < 4.78 is 10.5. The monoisotopic (exact) mass is 218 g/mol. The molecule has 0 saturated heterocycles. The third-order valence-corrected chi connectivity index (χ3v) is 2.55. The van der Waals surface area contributed by atoms with Crippen LogP contribution in [0.2, 0.25) is 0 Å². The number of hydrogen-bond donors (Lipinski definition) is 0. The van der Waals surface area contributed by atoms with E-state index in [-0.39, 0.29) is 12.4 Å². The fourth-order valence-electron chi connectivity index (χ4n) is 1.74. The van der Waals surface area contributed by atoms with Crippen LogP contribution < -0.4 is 0 Å². The minimum Gasteiger partial charge on any atom is -0.466 e. The van der Waals surface area contributed by atoms with Gasteiger partial charge in [-0.05, 0) is 25.5 Å². The second-order valence-corrected chi connectivity index (χ2v) is 3.63. The van der Waals surface area contributed by atoms with E-state index in [2.05, 4.69) is 0 Å². The van der Waals surface area contributed by atoms with E-state index >= 15 is 0 Å². The number of aryl methyl sites for hydroxylation is 1. The van der Waals surface area contributed by atoms with Gasteiger partial charge in [0.2, 0.25) is 0 Å². The molecule has 0 saturated carbocycles. The van der Waals surface area contributed by atoms with E-state index in [4.69, 9.17) is 9.15 Å². The summed E-state index contributed by atoms with van der Waals surface area (Å²) >= 11 is 0. The van der Waals surface area contributed by atoms with Gasteiger partial charge in [0.05, 0.1) is 6.61 Å². The van der Waals surface area contributed by atoms with E-state index in [1.807, 2.05) is 31.2 Å². The molecule has 0 aliphatic carbocycles. The third kappa shape index (κ3) is 1.94. The first kappa shape index (κ1) is 10.7. The van der Waals surface area contributed by atoms with Gasteiger partial charge >= 0.3 is 5.97 Å². The molecule has 3 heteroatoms. The minimum atomic E-state index is -0.246. The van der Waals surface area contributed by atoms with Gasteiger partial charge in [-0.3, -0.25) is 4.79 Å². The van der Waals surface area contributed by atoms with Crippen LogP contribution in [0, 0.1) is 6.92 Å². The lowest BCUT2D eigenvalue weighted by atomic mass is 10.1. The Balaban J connectivity index is 2.31. The van der Waals surface area contributed by atoms with E-state index in [1.165, 1.54) is 0 Å². The van der Waals surface area contributed by atoms with Crippen LogP contribution in [0.15, 0.2) is 28.7 Å². The van der Waals surface area contributed by atoms with Gasteiger partial charge in [0.15, 0.2) is 0 Å². The van der Waals surface area contributed by atoms with Crippen LogP contribution >= 0.6 is 0 Å². The van der Waals surface area contributed by atoms with Crippen LogP contribution in [-0.4, -0.2) is 12.6 Å². The summed E-state index contributed by atoms with van der Waals surface area (Å²) in [7, 11) is 0. The number of ether oxygens (including phenoxy) is 1. The van der Waals surface area contributed by atoms with E-state index in [9.17, 15) is 4.79 Å². The lowest BCUT2D eigenvalue weighted by Gasteiger charge is -1.99.